The fraction of sp³-hybridized carbons (Fsp3) is 0.125. The number of carboxylic acid groups (broad SMARTS) is 1. The van der Waals surface area contributed by atoms with E-state index in [1.54, 1.807) is 31.2 Å². The molecule has 0 saturated heterocycles. The monoisotopic (exact) mass is 468 g/mol. The Labute approximate surface area is 195 Å². The molecule has 3 rings (SSSR count). The van der Waals surface area contributed by atoms with Gasteiger partial charge in [0.15, 0.2) is 0 Å². The van der Waals surface area contributed by atoms with Gasteiger partial charge in [-0.05, 0) is 61.9 Å². The Bertz CT molecular complexity index is 1180. The molecule has 1 atom stereocenters. The maximum atomic E-state index is 12.6. The maximum Gasteiger partial charge on any atom is 0.335 e. The summed E-state index contributed by atoms with van der Waals surface area (Å²) in [6.45, 7) is 3.60. The van der Waals surface area contributed by atoms with Crippen molar-refractivity contribution in [1.29, 1.82) is 0 Å². The Hall–Kier alpha value is -3.29. The predicted molar refractivity (Wildman–Crippen MR) is 128 cm³/mol. The number of hydrogen-bond donors (Lipinski definition) is 3. The largest absolute Gasteiger partial charge is 0.478 e. The van der Waals surface area contributed by atoms with Crippen molar-refractivity contribution in [3.05, 3.63) is 88.4 Å². The lowest BCUT2D eigenvalue weighted by Gasteiger charge is -2.14. The van der Waals surface area contributed by atoms with Gasteiger partial charge in [0.05, 0.1) is 21.5 Å². The molecule has 0 saturated carbocycles. The summed E-state index contributed by atoms with van der Waals surface area (Å²) in [4.78, 5) is 37.1. The molecule has 8 heteroatoms. The van der Waals surface area contributed by atoms with Crippen LogP contribution in [0.3, 0.4) is 0 Å². The molecule has 32 heavy (non-hydrogen) atoms. The fourth-order valence-corrected chi connectivity index (χ4v) is 4.01. The first-order valence-electron chi connectivity index (χ1n) is 9.72. The molecule has 0 aliphatic carbocycles. The zero-order valence-electron chi connectivity index (χ0n) is 17.4. The van der Waals surface area contributed by atoms with Gasteiger partial charge in [0.1, 0.15) is 0 Å². The average Bonchev–Trinajstić information content (AvgIpc) is 2.75. The van der Waals surface area contributed by atoms with E-state index in [9.17, 15) is 14.4 Å². The van der Waals surface area contributed by atoms with E-state index in [2.05, 4.69) is 10.6 Å². The van der Waals surface area contributed by atoms with Crippen molar-refractivity contribution in [3.8, 4) is 0 Å². The summed E-state index contributed by atoms with van der Waals surface area (Å²) < 4.78 is 0. The first-order chi connectivity index (χ1) is 15.2. The van der Waals surface area contributed by atoms with E-state index in [0.717, 1.165) is 10.5 Å². The Morgan fingerprint density at radius 2 is 1.72 bits per heavy atom. The molecule has 0 heterocycles. The van der Waals surface area contributed by atoms with E-state index in [1.165, 1.54) is 30.0 Å². The van der Waals surface area contributed by atoms with Gasteiger partial charge >= 0.3 is 5.97 Å². The van der Waals surface area contributed by atoms with Gasteiger partial charge in [-0.15, -0.1) is 11.8 Å². The van der Waals surface area contributed by atoms with Gasteiger partial charge in [0, 0.05) is 16.1 Å². The summed E-state index contributed by atoms with van der Waals surface area (Å²) in [6, 6.07) is 18.7. The van der Waals surface area contributed by atoms with Crippen LogP contribution >= 0.6 is 23.4 Å². The van der Waals surface area contributed by atoms with Gasteiger partial charge in [-0.1, -0.05) is 35.9 Å². The molecule has 0 aliphatic heterocycles. The molecule has 0 aromatic heterocycles. The molecule has 0 spiro atoms. The van der Waals surface area contributed by atoms with Crippen LogP contribution in [0.1, 0.15) is 33.2 Å². The van der Waals surface area contributed by atoms with Crippen molar-refractivity contribution < 1.29 is 19.5 Å². The number of aryl methyl sites for hydroxylation is 1. The predicted octanol–water partition coefficient (Wildman–Crippen LogP) is 5.72. The van der Waals surface area contributed by atoms with Crippen LogP contribution in [0.15, 0.2) is 71.6 Å². The number of aromatic carboxylic acids is 1. The zero-order valence-corrected chi connectivity index (χ0v) is 19.0. The highest BCUT2D eigenvalue weighted by Crippen LogP contribution is 2.29. The van der Waals surface area contributed by atoms with E-state index in [0.29, 0.717) is 11.3 Å². The number of anilines is 2. The number of amides is 2. The smallest absolute Gasteiger partial charge is 0.335 e. The van der Waals surface area contributed by atoms with E-state index < -0.39 is 11.2 Å². The first-order valence-corrected chi connectivity index (χ1v) is 11.0. The molecular formula is C24H21ClN2O4S. The summed E-state index contributed by atoms with van der Waals surface area (Å²) in [6.07, 6.45) is 0. The van der Waals surface area contributed by atoms with Crippen molar-refractivity contribution in [2.75, 3.05) is 10.6 Å². The number of carbonyl (C=O) groups excluding carboxylic acids is 2. The molecular weight excluding hydrogens is 448 g/mol. The van der Waals surface area contributed by atoms with Gasteiger partial charge in [-0.2, -0.15) is 0 Å². The standard InChI is InChI=1S/C24H21ClN2O4S/c1-14-6-3-4-9-19(14)23(29)26-17-7-5-8-18(13-17)32-15(2)22(28)27-21-12-16(24(30)31)10-11-20(21)25/h3-13,15H,1-2H3,(H,26,29)(H,27,28)(H,30,31). The Morgan fingerprint density at radius 1 is 0.969 bits per heavy atom. The van der Waals surface area contributed by atoms with Crippen molar-refractivity contribution in [1.82, 2.24) is 0 Å². The van der Waals surface area contributed by atoms with Crippen LogP contribution in [0.4, 0.5) is 11.4 Å². The number of halogens is 1. The van der Waals surface area contributed by atoms with E-state index in [-0.39, 0.29) is 28.1 Å². The number of thioether (sulfide) groups is 1. The molecule has 0 radical (unpaired) electrons. The summed E-state index contributed by atoms with van der Waals surface area (Å²) in [5.74, 6) is -1.64. The quantitative estimate of drug-likeness (QED) is 0.385. The van der Waals surface area contributed by atoms with Crippen LogP contribution in [0, 0.1) is 6.92 Å². The van der Waals surface area contributed by atoms with E-state index in [1.807, 2.05) is 31.2 Å². The normalized spacial score (nSPS) is 11.5. The third-order valence-electron chi connectivity index (χ3n) is 4.63. The Balaban J connectivity index is 1.67. The van der Waals surface area contributed by atoms with Crippen LogP contribution < -0.4 is 10.6 Å². The average molecular weight is 469 g/mol. The van der Waals surface area contributed by atoms with Crippen molar-refractivity contribution in [3.63, 3.8) is 0 Å². The molecule has 3 N–H and O–H groups in total. The summed E-state index contributed by atoms with van der Waals surface area (Å²) in [7, 11) is 0. The number of benzene rings is 3. The number of nitrogens with one attached hydrogen (secondary N) is 2. The molecule has 2 amide bonds. The van der Waals surface area contributed by atoms with Gasteiger partial charge in [-0.25, -0.2) is 4.79 Å². The summed E-state index contributed by atoms with van der Waals surface area (Å²) in [5, 5.41) is 14.4. The highest BCUT2D eigenvalue weighted by atomic mass is 35.5. The van der Waals surface area contributed by atoms with Crippen LogP contribution in [-0.2, 0) is 4.79 Å². The topological polar surface area (TPSA) is 95.5 Å². The molecule has 0 aliphatic rings. The third-order valence-corrected chi connectivity index (χ3v) is 6.06. The lowest BCUT2D eigenvalue weighted by Crippen LogP contribution is -2.22. The molecule has 164 valence electrons. The number of carbonyl (C=O) groups is 3. The molecule has 0 bridgehead atoms. The van der Waals surface area contributed by atoms with Crippen molar-refractivity contribution in [2.24, 2.45) is 0 Å². The van der Waals surface area contributed by atoms with Crippen LogP contribution in [0.2, 0.25) is 5.02 Å². The first kappa shape index (κ1) is 23.4. The molecule has 3 aromatic rings. The Morgan fingerprint density at radius 3 is 2.44 bits per heavy atom. The highest BCUT2D eigenvalue weighted by molar-refractivity contribution is 8.00. The van der Waals surface area contributed by atoms with Gasteiger partial charge in [0.25, 0.3) is 5.91 Å². The summed E-state index contributed by atoms with van der Waals surface area (Å²) in [5.41, 5.74) is 2.36. The van der Waals surface area contributed by atoms with Crippen LogP contribution in [0.5, 0.6) is 0 Å². The second-order valence-corrected chi connectivity index (χ2v) is 8.87. The third kappa shape index (κ3) is 5.90. The molecule has 6 nitrogen and oxygen atoms in total. The van der Waals surface area contributed by atoms with E-state index >= 15 is 0 Å². The van der Waals surface area contributed by atoms with Gasteiger partial charge in [0.2, 0.25) is 5.91 Å². The van der Waals surface area contributed by atoms with E-state index in [4.69, 9.17) is 16.7 Å². The minimum absolute atomic E-state index is 0.0297. The maximum absolute atomic E-state index is 12.6. The summed E-state index contributed by atoms with van der Waals surface area (Å²) >= 11 is 7.39. The van der Waals surface area contributed by atoms with Crippen molar-refractivity contribution >= 4 is 52.5 Å². The second-order valence-electron chi connectivity index (χ2n) is 7.05. The van der Waals surface area contributed by atoms with Gasteiger partial charge < -0.3 is 15.7 Å². The van der Waals surface area contributed by atoms with Crippen molar-refractivity contribution in [2.45, 2.75) is 24.0 Å². The van der Waals surface area contributed by atoms with Crippen LogP contribution in [0.25, 0.3) is 0 Å². The Kier molecular flexibility index (Phi) is 7.56. The molecule has 1 unspecified atom stereocenters. The number of carboxylic acids is 1. The second kappa shape index (κ2) is 10.3. The SMILES string of the molecule is Cc1ccccc1C(=O)Nc1cccc(SC(C)C(=O)Nc2cc(C(=O)O)ccc2Cl)c1. The van der Waals surface area contributed by atoms with Gasteiger partial charge in [-0.3, -0.25) is 9.59 Å². The minimum atomic E-state index is -1.11. The lowest BCUT2D eigenvalue weighted by atomic mass is 10.1. The number of rotatable bonds is 7. The molecule has 3 aromatic carbocycles. The lowest BCUT2D eigenvalue weighted by molar-refractivity contribution is -0.115. The number of hydrogen-bond acceptors (Lipinski definition) is 4. The van der Waals surface area contributed by atoms with Crippen LogP contribution in [-0.4, -0.2) is 28.1 Å². The fourth-order valence-electron chi connectivity index (χ4n) is 2.92. The minimum Gasteiger partial charge on any atom is -0.478 e. The highest BCUT2D eigenvalue weighted by Gasteiger charge is 2.17. The molecule has 0 fully saturated rings. The zero-order chi connectivity index (χ0) is 23.3.